The average Bonchev–Trinajstić information content (AvgIpc) is 2.74. The monoisotopic (exact) mass is 361 g/mol. The summed E-state index contributed by atoms with van der Waals surface area (Å²) in [4.78, 5) is 23.7. The van der Waals surface area contributed by atoms with Crippen molar-refractivity contribution in [3.8, 4) is 0 Å². The molecule has 0 aromatic carbocycles. The number of ether oxygens (including phenoxy) is 1. The first-order chi connectivity index (χ1) is 9.62. The first-order valence-corrected chi connectivity index (χ1v) is 6.93. The van der Waals surface area contributed by atoms with Gasteiger partial charge in [0.05, 0.1) is 12.3 Å². The molecular formula is C12H12Cl3F2NO3. The van der Waals surface area contributed by atoms with Gasteiger partial charge >= 0.3 is 0 Å². The summed E-state index contributed by atoms with van der Waals surface area (Å²) in [7, 11) is 1.52. The van der Waals surface area contributed by atoms with Crippen molar-refractivity contribution in [1.29, 1.82) is 0 Å². The number of halogens is 5. The van der Waals surface area contributed by atoms with Gasteiger partial charge in [0, 0.05) is 25.2 Å². The van der Waals surface area contributed by atoms with Crippen molar-refractivity contribution < 1.29 is 23.1 Å². The van der Waals surface area contributed by atoms with E-state index < -0.39 is 22.6 Å². The lowest BCUT2D eigenvalue weighted by Gasteiger charge is -2.09. The van der Waals surface area contributed by atoms with Gasteiger partial charge in [0.1, 0.15) is 6.61 Å². The molecule has 1 heterocycles. The van der Waals surface area contributed by atoms with Crippen molar-refractivity contribution in [1.82, 2.24) is 4.57 Å². The van der Waals surface area contributed by atoms with Crippen molar-refractivity contribution in [3.63, 3.8) is 0 Å². The number of alkyl halides is 5. The van der Waals surface area contributed by atoms with Gasteiger partial charge in [0.25, 0.3) is 10.2 Å². The Bertz CT molecular complexity index is 526. The smallest absolute Gasteiger partial charge is 0.261 e. The molecule has 0 saturated carbocycles. The molecule has 0 fully saturated rings. The summed E-state index contributed by atoms with van der Waals surface area (Å²) in [6, 6.07) is 1.29. The molecule has 0 saturated heterocycles. The summed E-state index contributed by atoms with van der Waals surface area (Å²) >= 11 is 16.5. The van der Waals surface area contributed by atoms with Gasteiger partial charge in [-0.15, -0.1) is 0 Å². The van der Waals surface area contributed by atoms with Crippen LogP contribution in [0.1, 0.15) is 27.3 Å². The highest BCUT2D eigenvalue weighted by Crippen LogP contribution is 2.31. The Morgan fingerprint density at radius 1 is 1.38 bits per heavy atom. The van der Waals surface area contributed by atoms with E-state index in [0.717, 1.165) is 0 Å². The fraction of sp³-hybridized carbons (Fsp3) is 0.500. The molecule has 1 aromatic rings. The molecule has 0 bridgehead atoms. The Labute approximate surface area is 134 Å². The number of rotatable bonds is 7. The predicted molar refractivity (Wildman–Crippen MR) is 75.8 cm³/mol. The van der Waals surface area contributed by atoms with Crippen LogP contribution in [0.15, 0.2) is 12.3 Å². The number of aromatic nitrogens is 1. The minimum absolute atomic E-state index is 0.0619. The highest BCUT2D eigenvalue weighted by Gasteiger charge is 2.33. The van der Waals surface area contributed by atoms with Crippen molar-refractivity contribution in [2.24, 2.45) is 7.05 Å². The molecule has 1 aromatic heterocycles. The largest absolute Gasteiger partial charge is 0.375 e. The van der Waals surface area contributed by atoms with Crippen LogP contribution in [0.5, 0.6) is 0 Å². The number of nitrogens with zero attached hydrogens (tertiary/aromatic N) is 1. The van der Waals surface area contributed by atoms with Crippen molar-refractivity contribution >= 4 is 46.4 Å². The number of carbonyl (C=O) groups is 2. The fourth-order valence-electron chi connectivity index (χ4n) is 1.57. The fourth-order valence-corrected chi connectivity index (χ4v) is 1.86. The Hall–Kier alpha value is -0.690. The van der Waals surface area contributed by atoms with Gasteiger partial charge in [-0.3, -0.25) is 9.59 Å². The lowest BCUT2D eigenvalue weighted by atomic mass is 10.1. The van der Waals surface area contributed by atoms with Gasteiger partial charge in [-0.1, -0.05) is 34.8 Å². The molecule has 0 N–H and O–H groups in total. The minimum Gasteiger partial charge on any atom is -0.375 e. The zero-order valence-corrected chi connectivity index (χ0v) is 13.2. The van der Waals surface area contributed by atoms with Gasteiger partial charge in [-0.25, -0.2) is 8.78 Å². The normalized spacial score (nSPS) is 12.0. The van der Waals surface area contributed by atoms with Crippen LogP contribution in [-0.2, 0) is 11.8 Å². The Morgan fingerprint density at radius 3 is 2.52 bits per heavy atom. The second-order valence-corrected chi connectivity index (χ2v) is 6.47. The topological polar surface area (TPSA) is 48.3 Å². The zero-order valence-electron chi connectivity index (χ0n) is 10.9. The van der Waals surface area contributed by atoms with E-state index in [1.54, 1.807) is 0 Å². The van der Waals surface area contributed by atoms with Gasteiger partial charge in [0.2, 0.25) is 5.78 Å². The molecule has 0 amide bonds. The van der Waals surface area contributed by atoms with Gasteiger partial charge in [-0.2, -0.15) is 0 Å². The molecule has 0 spiro atoms. The van der Waals surface area contributed by atoms with Gasteiger partial charge in [0.15, 0.2) is 5.78 Å². The van der Waals surface area contributed by atoms with Gasteiger partial charge < -0.3 is 9.30 Å². The van der Waals surface area contributed by atoms with E-state index in [4.69, 9.17) is 34.8 Å². The maximum Gasteiger partial charge on any atom is 0.261 e. The lowest BCUT2D eigenvalue weighted by Crippen LogP contribution is -2.21. The van der Waals surface area contributed by atoms with E-state index in [1.165, 1.54) is 23.9 Å². The van der Waals surface area contributed by atoms with Gasteiger partial charge in [-0.05, 0) is 6.07 Å². The summed E-state index contributed by atoms with van der Waals surface area (Å²) < 4.78 is 27.6. The van der Waals surface area contributed by atoms with Crippen LogP contribution >= 0.6 is 34.8 Å². The van der Waals surface area contributed by atoms with Crippen LogP contribution in [0.2, 0.25) is 0 Å². The molecule has 21 heavy (non-hydrogen) atoms. The highest BCUT2D eigenvalue weighted by molar-refractivity contribution is 6.77. The van der Waals surface area contributed by atoms with Crippen LogP contribution in [0.4, 0.5) is 8.78 Å². The number of ketones is 2. The molecule has 0 aliphatic rings. The predicted octanol–water partition coefficient (Wildman–Crippen LogP) is 3.43. The first-order valence-electron chi connectivity index (χ1n) is 5.80. The molecule has 1 rings (SSSR count). The number of hydrogen-bond donors (Lipinski definition) is 0. The van der Waals surface area contributed by atoms with Crippen molar-refractivity contribution in [2.45, 2.75) is 16.6 Å². The van der Waals surface area contributed by atoms with E-state index in [1.807, 2.05) is 0 Å². The van der Waals surface area contributed by atoms with Crippen molar-refractivity contribution in [3.05, 3.63) is 23.5 Å². The van der Waals surface area contributed by atoms with Crippen LogP contribution in [-0.4, -0.2) is 39.6 Å². The van der Waals surface area contributed by atoms with Crippen LogP contribution in [0.3, 0.4) is 0 Å². The van der Waals surface area contributed by atoms with E-state index in [0.29, 0.717) is 0 Å². The first kappa shape index (κ1) is 18.4. The van der Waals surface area contributed by atoms with Crippen molar-refractivity contribution in [2.75, 3.05) is 13.2 Å². The molecular weight excluding hydrogens is 350 g/mol. The maximum atomic E-state index is 11.9. The zero-order chi connectivity index (χ0) is 16.2. The quantitative estimate of drug-likeness (QED) is 0.424. The van der Waals surface area contributed by atoms with E-state index >= 15 is 0 Å². The third kappa shape index (κ3) is 5.54. The number of aryl methyl sites for hydroxylation is 1. The van der Waals surface area contributed by atoms with E-state index in [2.05, 4.69) is 4.74 Å². The average molecular weight is 363 g/mol. The molecule has 0 radical (unpaired) electrons. The summed E-state index contributed by atoms with van der Waals surface area (Å²) in [5.41, 5.74) is 0.280. The number of Topliss-reactive ketones (excluding diaryl/α,β-unsaturated/α-hetero) is 2. The second-order valence-electron chi connectivity index (χ2n) is 4.19. The van der Waals surface area contributed by atoms with Crippen LogP contribution in [0.25, 0.3) is 0 Å². The molecule has 0 aliphatic heterocycles. The standard InChI is InChI=1S/C12H12Cl3F2NO3/c1-18-5-7(4-8(18)11(20)12(13,14)15)9(19)2-3-21-6-10(16)17/h4-5,10H,2-3,6H2,1H3. The minimum atomic E-state index is -2.58. The SMILES string of the molecule is Cn1cc(C(=O)CCOCC(F)F)cc1C(=O)C(Cl)(Cl)Cl. The highest BCUT2D eigenvalue weighted by atomic mass is 35.6. The Morgan fingerprint density at radius 2 is 2.00 bits per heavy atom. The molecule has 0 unspecified atom stereocenters. The van der Waals surface area contributed by atoms with E-state index in [-0.39, 0.29) is 30.1 Å². The van der Waals surface area contributed by atoms with Crippen LogP contribution < -0.4 is 0 Å². The summed E-state index contributed by atoms with van der Waals surface area (Å²) in [5, 5.41) is 0. The number of hydrogen-bond acceptors (Lipinski definition) is 3. The molecule has 0 aliphatic carbocycles. The van der Waals surface area contributed by atoms with Crippen LogP contribution in [0, 0.1) is 0 Å². The summed E-state index contributed by atoms with van der Waals surface area (Å²) in [6.45, 7) is -0.856. The molecule has 9 heteroatoms. The maximum absolute atomic E-state index is 11.9. The molecule has 118 valence electrons. The third-order valence-corrected chi connectivity index (χ3v) is 3.05. The molecule has 4 nitrogen and oxygen atoms in total. The number of carbonyl (C=O) groups excluding carboxylic acids is 2. The summed E-state index contributed by atoms with van der Waals surface area (Å²) in [5.74, 6) is -1.12. The Kier molecular flexibility index (Phi) is 6.59. The third-order valence-electron chi connectivity index (χ3n) is 2.53. The Balaban J connectivity index is 2.69. The second kappa shape index (κ2) is 7.54. The van der Waals surface area contributed by atoms with E-state index in [9.17, 15) is 18.4 Å². The lowest BCUT2D eigenvalue weighted by molar-refractivity contribution is 0.0170. The molecule has 0 atom stereocenters. The summed E-state index contributed by atoms with van der Waals surface area (Å²) in [6.07, 6.45) is -1.26.